The topological polar surface area (TPSA) is 74.8 Å². The van der Waals surface area contributed by atoms with Gasteiger partial charge < -0.3 is 10.2 Å². The number of aliphatic hydroxyl groups excluding tert-OH is 1. The number of carboxylic acid groups (broad SMARTS) is 1. The lowest BCUT2D eigenvalue weighted by atomic mass is 9.97. The van der Waals surface area contributed by atoms with E-state index < -0.39 is 12.1 Å². The Morgan fingerprint density at radius 3 is 2.42 bits per heavy atom. The molecule has 0 radical (unpaired) electrons. The molecule has 1 atom stereocenters. The van der Waals surface area contributed by atoms with Crippen LogP contribution in [0.25, 0.3) is 16.8 Å². The second-order valence-corrected chi connectivity index (χ2v) is 7.87. The van der Waals surface area contributed by atoms with Gasteiger partial charge in [0.25, 0.3) is 0 Å². The molecule has 0 aliphatic heterocycles. The summed E-state index contributed by atoms with van der Waals surface area (Å²) in [7, 11) is 0. The van der Waals surface area contributed by atoms with E-state index in [9.17, 15) is 15.0 Å². The maximum Gasteiger partial charge on any atom is 0.336 e. The van der Waals surface area contributed by atoms with Gasteiger partial charge in [-0.2, -0.15) is 0 Å². The molecule has 5 nitrogen and oxygen atoms in total. The van der Waals surface area contributed by atoms with E-state index in [-0.39, 0.29) is 5.56 Å². The Labute approximate surface area is 181 Å². The zero-order chi connectivity index (χ0) is 22.1. The molecule has 4 rings (SSSR count). The van der Waals surface area contributed by atoms with Crippen molar-refractivity contribution >= 4 is 11.6 Å². The maximum absolute atomic E-state index is 11.5. The van der Waals surface area contributed by atoms with Gasteiger partial charge in [0.05, 0.1) is 17.0 Å². The Kier molecular flexibility index (Phi) is 5.61. The van der Waals surface area contributed by atoms with Crippen LogP contribution in [0.1, 0.15) is 58.0 Å². The second-order valence-electron chi connectivity index (χ2n) is 7.87. The van der Waals surface area contributed by atoms with Gasteiger partial charge in [-0.15, -0.1) is 0 Å². The second kappa shape index (κ2) is 8.36. The third-order valence-corrected chi connectivity index (χ3v) is 5.78. The molecule has 1 unspecified atom stereocenters. The minimum atomic E-state index is -0.958. The molecular weight excluding hydrogens is 388 g/mol. The van der Waals surface area contributed by atoms with Gasteiger partial charge in [-0.1, -0.05) is 61.9 Å². The molecule has 2 aromatic heterocycles. The van der Waals surface area contributed by atoms with Crippen molar-refractivity contribution in [3.05, 3.63) is 94.4 Å². The van der Waals surface area contributed by atoms with Crippen molar-refractivity contribution in [3.63, 3.8) is 0 Å². The van der Waals surface area contributed by atoms with Crippen LogP contribution < -0.4 is 0 Å². The first-order chi connectivity index (χ1) is 14.9. The van der Waals surface area contributed by atoms with Crippen molar-refractivity contribution in [2.45, 2.75) is 39.7 Å². The molecule has 0 saturated heterocycles. The van der Waals surface area contributed by atoms with Gasteiger partial charge in [-0.05, 0) is 54.7 Å². The molecule has 2 N–H and O–H groups in total. The van der Waals surface area contributed by atoms with Crippen molar-refractivity contribution in [2.75, 3.05) is 0 Å². The summed E-state index contributed by atoms with van der Waals surface area (Å²) in [6, 6.07) is 18.3. The number of hydrogen-bond acceptors (Lipinski definition) is 3. The van der Waals surface area contributed by atoms with Gasteiger partial charge in [0.1, 0.15) is 11.8 Å². The minimum absolute atomic E-state index is 0.258. The molecule has 31 heavy (non-hydrogen) atoms. The highest BCUT2D eigenvalue weighted by Crippen LogP contribution is 2.30. The van der Waals surface area contributed by atoms with E-state index in [1.165, 1.54) is 0 Å². The lowest BCUT2D eigenvalue weighted by molar-refractivity contribution is 0.0697. The molecule has 0 spiro atoms. The molecule has 5 heteroatoms. The molecular formula is C26H26N2O3. The van der Waals surface area contributed by atoms with Crippen LogP contribution in [0.3, 0.4) is 0 Å². The summed E-state index contributed by atoms with van der Waals surface area (Å²) in [6.07, 6.45) is 1.09. The standard InChI is InChI=1S/C26H26N2O3/c1-4-7-22-17(3)28-23(15-10-16(2)25(28)27-22)24(29)19-13-11-18(12-14-19)20-8-5-6-9-21(20)26(30)31/h5-6,8-15,24,29H,4,7H2,1-3H3,(H,30,31). The Morgan fingerprint density at radius 1 is 1.03 bits per heavy atom. The maximum atomic E-state index is 11.5. The van der Waals surface area contributed by atoms with Crippen LogP contribution >= 0.6 is 0 Å². The lowest BCUT2D eigenvalue weighted by Gasteiger charge is -2.16. The average Bonchev–Trinajstić information content (AvgIpc) is 3.11. The number of benzene rings is 2. The fourth-order valence-corrected chi connectivity index (χ4v) is 4.11. The van der Waals surface area contributed by atoms with Crippen LogP contribution in [0.2, 0.25) is 0 Å². The quantitative estimate of drug-likeness (QED) is 0.446. The van der Waals surface area contributed by atoms with Crippen molar-refractivity contribution in [3.8, 4) is 11.1 Å². The predicted octanol–water partition coefficient (Wildman–Crippen LogP) is 5.35. The molecule has 0 aliphatic rings. The first-order valence-corrected chi connectivity index (χ1v) is 10.5. The summed E-state index contributed by atoms with van der Waals surface area (Å²) >= 11 is 0. The van der Waals surface area contributed by atoms with Crippen molar-refractivity contribution in [1.29, 1.82) is 0 Å². The van der Waals surface area contributed by atoms with Crippen LogP contribution in [-0.4, -0.2) is 25.6 Å². The number of aliphatic hydroxyl groups is 1. The van der Waals surface area contributed by atoms with E-state index in [2.05, 4.69) is 11.3 Å². The Morgan fingerprint density at radius 2 is 1.74 bits per heavy atom. The number of carbonyl (C=O) groups is 1. The van der Waals surface area contributed by atoms with E-state index in [1.54, 1.807) is 18.2 Å². The number of fused-ring (bicyclic) bond motifs is 1. The van der Waals surface area contributed by atoms with Crippen LogP contribution in [-0.2, 0) is 6.42 Å². The summed E-state index contributed by atoms with van der Waals surface area (Å²) in [4.78, 5) is 16.4. The van der Waals surface area contributed by atoms with Crippen LogP contribution in [0, 0.1) is 13.8 Å². The van der Waals surface area contributed by atoms with Crippen molar-refractivity contribution in [2.24, 2.45) is 0 Å². The third kappa shape index (κ3) is 3.73. The molecule has 2 aromatic carbocycles. The Hall–Kier alpha value is -3.44. The van der Waals surface area contributed by atoms with Gasteiger partial charge in [0.15, 0.2) is 0 Å². The predicted molar refractivity (Wildman–Crippen MR) is 122 cm³/mol. The molecule has 0 saturated carbocycles. The first-order valence-electron chi connectivity index (χ1n) is 10.5. The summed E-state index contributed by atoms with van der Waals surface area (Å²) in [5.41, 5.74) is 7.29. The molecule has 2 heterocycles. The average molecular weight is 415 g/mol. The number of nitrogens with zero attached hydrogens (tertiary/aromatic N) is 2. The number of carboxylic acids is 1. The highest BCUT2D eigenvalue weighted by molar-refractivity contribution is 5.96. The van der Waals surface area contributed by atoms with E-state index in [0.717, 1.165) is 52.3 Å². The number of imidazole rings is 1. The Balaban J connectivity index is 1.74. The van der Waals surface area contributed by atoms with Gasteiger partial charge in [-0.25, -0.2) is 9.78 Å². The molecule has 0 aliphatic carbocycles. The summed E-state index contributed by atoms with van der Waals surface area (Å²) in [5.74, 6) is -0.958. The largest absolute Gasteiger partial charge is 0.478 e. The van der Waals surface area contributed by atoms with E-state index in [1.807, 2.05) is 56.3 Å². The first kappa shape index (κ1) is 20.8. The molecule has 158 valence electrons. The lowest BCUT2D eigenvalue weighted by Crippen LogP contribution is -2.08. The molecule has 0 fully saturated rings. The third-order valence-electron chi connectivity index (χ3n) is 5.78. The van der Waals surface area contributed by atoms with Gasteiger partial charge in [-0.3, -0.25) is 4.40 Å². The fraction of sp³-hybridized carbons (Fsp3) is 0.231. The summed E-state index contributed by atoms with van der Waals surface area (Å²) in [5, 5.41) is 20.7. The van der Waals surface area contributed by atoms with Gasteiger partial charge >= 0.3 is 5.97 Å². The van der Waals surface area contributed by atoms with Crippen LogP contribution in [0.15, 0.2) is 60.7 Å². The fourth-order valence-electron chi connectivity index (χ4n) is 4.11. The SMILES string of the molecule is CCCc1nc2c(C)ccc(C(O)c3ccc(-c4ccccc4C(=O)O)cc3)n2c1C. The highest BCUT2D eigenvalue weighted by atomic mass is 16.4. The summed E-state index contributed by atoms with van der Waals surface area (Å²) in [6.45, 7) is 6.21. The Bertz CT molecular complexity index is 1260. The van der Waals surface area contributed by atoms with Gasteiger partial charge in [0, 0.05) is 5.69 Å². The number of aryl methyl sites for hydroxylation is 3. The zero-order valence-corrected chi connectivity index (χ0v) is 18.0. The molecule has 0 bridgehead atoms. The highest BCUT2D eigenvalue weighted by Gasteiger charge is 2.19. The number of rotatable bonds is 6. The normalized spacial score (nSPS) is 12.3. The smallest absolute Gasteiger partial charge is 0.336 e. The van der Waals surface area contributed by atoms with Crippen LogP contribution in [0.4, 0.5) is 0 Å². The van der Waals surface area contributed by atoms with Crippen molar-refractivity contribution < 1.29 is 15.0 Å². The van der Waals surface area contributed by atoms with Crippen LogP contribution in [0.5, 0.6) is 0 Å². The van der Waals surface area contributed by atoms with E-state index >= 15 is 0 Å². The number of pyridine rings is 1. The number of hydrogen-bond donors (Lipinski definition) is 2. The van der Waals surface area contributed by atoms with Crippen molar-refractivity contribution in [1.82, 2.24) is 9.38 Å². The minimum Gasteiger partial charge on any atom is -0.478 e. The molecule has 4 aromatic rings. The monoisotopic (exact) mass is 414 g/mol. The van der Waals surface area contributed by atoms with Gasteiger partial charge in [0.2, 0.25) is 0 Å². The molecule has 0 amide bonds. The zero-order valence-electron chi connectivity index (χ0n) is 18.0. The van der Waals surface area contributed by atoms with E-state index in [0.29, 0.717) is 5.56 Å². The summed E-state index contributed by atoms with van der Waals surface area (Å²) < 4.78 is 2.05. The number of aromatic carboxylic acids is 1. The number of aromatic nitrogens is 2. The van der Waals surface area contributed by atoms with E-state index in [4.69, 9.17) is 4.98 Å².